The SMILES string of the molecule is COC(C[C@@H](O)[C@@H](C)[C@H](O)COCc1ccccc1)OC. The summed E-state index contributed by atoms with van der Waals surface area (Å²) in [7, 11) is 3.04. The van der Waals surface area contributed by atoms with E-state index in [1.807, 2.05) is 30.3 Å². The number of aliphatic hydroxyl groups is 2. The van der Waals surface area contributed by atoms with E-state index in [0.29, 0.717) is 13.0 Å². The average Bonchev–Trinajstić information content (AvgIpc) is 2.52. The molecule has 0 spiro atoms. The highest BCUT2D eigenvalue weighted by molar-refractivity contribution is 5.13. The molecule has 2 N–H and O–H groups in total. The molecule has 3 atom stereocenters. The molecule has 0 radical (unpaired) electrons. The van der Waals surface area contributed by atoms with Crippen molar-refractivity contribution in [1.82, 2.24) is 0 Å². The second kappa shape index (κ2) is 9.87. The summed E-state index contributed by atoms with van der Waals surface area (Å²) in [5.74, 6) is -0.325. The average molecular weight is 298 g/mol. The first-order chi connectivity index (χ1) is 10.1. The second-order valence-electron chi connectivity index (χ2n) is 5.13. The van der Waals surface area contributed by atoms with Crippen molar-refractivity contribution in [2.45, 2.75) is 38.4 Å². The number of aliphatic hydroxyl groups excluding tert-OH is 2. The number of methoxy groups -OCH3 is 2. The fraction of sp³-hybridized carbons (Fsp3) is 0.625. The van der Waals surface area contributed by atoms with E-state index in [0.717, 1.165) is 5.56 Å². The van der Waals surface area contributed by atoms with Crippen LogP contribution in [0.1, 0.15) is 18.9 Å². The zero-order valence-corrected chi connectivity index (χ0v) is 12.9. The molecule has 0 aromatic heterocycles. The van der Waals surface area contributed by atoms with Crippen molar-refractivity contribution >= 4 is 0 Å². The van der Waals surface area contributed by atoms with Gasteiger partial charge in [-0.15, -0.1) is 0 Å². The van der Waals surface area contributed by atoms with Crippen LogP contribution in [0, 0.1) is 5.92 Å². The molecular weight excluding hydrogens is 272 g/mol. The molecule has 1 aromatic rings. The summed E-state index contributed by atoms with van der Waals surface area (Å²) in [5.41, 5.74) is 1.05. The molecule has 0 bridgehead atoms. The predicted octanol–water partition coefficient (Wildman–Crippen LogP) is 1.57. The first-order valence-corrected chi connectivity index (χ1v) is 7.11. The summed E-state index contributed by atoms with van der Waals surface area (Å²) >= 11 is 0. The number of benzene rings is 1. The van der Waals surface area contributed by atoms with Gasteiger partial charge in [0, 0.05) is 26.6 Å². The van der Waals surface area contributed by atoms with Gasteiger partial charge in [0.25, 0.3) is 0 Å². The fourth-order valence-corrected chi connectivity index (χ4v) is 1.98. The standard InChI is InChI=1S/C16H26O5/c1-12(14(17)9-16(19-2)20-3)15(18)11-21-10-13-7-5-4-6-8-13/h4-8,12,14-18H,9-11H2,1-3H3/t12-,14-,15-/m1/s1. The Bertz CT molecular complexity index is 366. The third-order valence-electron chi connectivity index (χ3n) is 3.57. The second-order valence-corrected chi connectivity index (χ2v) is 5.13. The minimum atomic E-state index is -0.738. The Hall–Kier alpha value is -0.980. The molecule has 1 rings (SSSR count). The van der Waals surface area contributed by atoms with E-state index >= 15 is 0 Å². The molecule has 0 heterocycles. The van der Waals surface area contributed by atoms with E-state index in [2.05, 4.69) is 0 Å². The van der Waals surface area contributed by atoms with Gasteiger partial charge < -0.3 is 24.4 Å². The van der Waals surface area contributed by atoms with E-state index in [9.17, 15) is 10.2 Å². The Balaban J connectivity index is 2.31. The maximum Gasteiger partial charge on any atom is 0.159 e. The lowest BCUT2D eigenvalue weighted by atomic mass is 9.96. The third-order valence-corrected chi connectivity index (χ3v) is 3.57. The molecule has 0 saturated carbocycles. The molecule has 0 fully saturated rings. The Morgan fingerprint density at radius 1 is 1.00 bits per heavy atom. The largest absolute Gasteiger partial charge is 0.393 e. The van der Waals surface area contributed by atoms with Crippen molar-refractivity contribution in [3.8, 4) is 0 Å². The van der Waals surface area contributed by atoms with E-state index in [1.165, 1.54) is 14.2 Å². The highest BCUT2D eigenvalue weighted by Gasteiger charge is 2.25. The molecule has 0 amide bonds. The van der Waals surface area contributed by atoms with Crippen LogP contribution in [0.5, 0.6) is 0 Å². The minimum Gasteiger partial charge on any atom is -0.393 e. The molecule has 0 aliphatic heterocycles. The van der Waals surface area contributed by atoms with Crippen molar-refractivity contribution < 1.29 is 24.4 Å². The highest BCUT2D eigenvalue weighted by Crippen LogP contribution is 2.16. The van der Waals surface area contributed by atoms with Crippen LogP contribution in [-0.2, 0) is 20.8 Å². The molecule has 0 aliphatic carbocycles. The van der Waals surface area contributed by atoms with Gasteiger partial charge >= 0.3 is 0 Å². The minimum absolute atomic E-state index is 0.178. The predicted molar refractivity (Wildman–Crippen MR) is 79.7 cm³/mol. The van der Waals surface area contributed by atoms with E-state index < -0.39 is 18.5 Å². The van der Waals surface area contributed by atoms with Gasteiger partial charge in [0.05, 0.1) is 25.4 Å². The normalized spacial score (nSPS) is 15.9. The van der Waals surface area contributed by atoms with Crippen LogP contribution < -0.4 is 0 Å². The van der Waals surface area contributed by atoms with Crippen LogP contribution >= 0.6 is 0 Å². The number of hydrogen-bond acceptors (Lipinski definition) is 5. The van der Waals surface area contributed by atoms with Crippen molar-refractivity contribution in [3.63, 3.8) is 0 Å². The molecule has 120 valence electrons. The molecular formula is C16H26O5. The summed E-state index contributed by atoms with van der Waals surface area (Å²) in [6.07, 6.45) is -1.62. The molecule has 5 nitrogen and oxygen atoms in total. The lowest BCUT2D eigenvalue weighted by Crippen LogP contribution is -2.35. The van der Waals surface area contributed by atoms with Crippen molar-refractivity contribution in [2.24, 2.45) is 5.92 Å². The fourth-order valence-electron chi connectivity index (χ4n) is 1.98. The van der Waals surface area contributed by atoms with Crippen LogP contribution in [0.4, 0.5) is 0 Å². The van der Waals surface area contributed by atoms with E-state index in [1.54, 1.807) is 6.92 Å². The van der Waals surface area contributed by atoms with Gasteiger partial charge in [-0.1, -0.05) is 37.3 Å². The molecule has 21 heavy (non-hydrogen) atoms. The van der Waals surface area contributed by atoms with Crippen LogP contribution in [0.2, 0.25) is 0 Å². The number of hydrogen-bond donors (Lipinski definition) is 2. The first kappa shape index (κ1) is 18.1. The van der Waals surface area contributed by atoms with Gasteiger partial charge in [-0.2, -0.15) is 0 Å². The lowest BCUT2D eigenvalue weighted by molar-refractivity contribution is -0.135. The van der Waals surface area contributed by atoms with Crippen molar-refractivity contribution in [3.05, 3.63) is 35.9 Å². The molecule has 0 unspecified atom stereocenters. The Morgan fingerprint density at radius 3 is 2.19 bits per heavy atom. The number of ether oxygens (including phenoxy) is 3. The number of rotatable bonds is 10. The Labute approximate surface area is 126 Å². The Morgan fingerprint density at radius 2 is 1.62 bits per heavy atom. The molecule has 0 saturated heterocycles. The van der Waals surface area contributed by atoms with Gasteiger partial charge in [0.2, 0.25) is 0 Å². The molecule has 0 aliphatic rings. The summed E-state index contributed by atoms with van der Waals surface area (Å²) in [6.45, 7) is 2.40. The van der Waals surface area contributed by atoms with E-state index in [4.69, 9.17) is 14.2 Å². The monoisotopic (exact) mass is 298 g/mol. The van der Waals surface area contributed by atoms with E-state index in [-0.39, 0.29) is 12.5 Å². The van der Waals surface area contributed by atoms with Crippen LogP contribution in [-0.4, -0.2) is 49.5 Å². The Kier molecular flexibility index (Phi) is 8.49. The van der Waals surface area contributed by atoms with Gasteiger partial charge in [0.1, 0.15) is 0 Å². The van der Waals surface area contributed by atoms with Crippen molar-refractivity contribution in [2.75, 3.05) is 20.8 Å². The third kappa shape index (κ3) is 6.54. The highest BCUT2D eigenvalue weighted by atomic mass is 16.7. The zero-order chi connectivity index (χ0) is 15.7. The van der Waals surface area contributed by atoms with Crippen LogP contribution in [0.25, 0.3) is 0 Å². The first-order valence-electron chi connectivity index (χ1n) is 7.11. The van der Waals surface area contributed by atoms with Gasteiger partial charge in [-0.25, -0.2) is 0 Å². The summed E-state index contributed by atoms with van der Waals surface area (Å²) in [6, 6.07) is 9.76. The summed E-state index contributed by atoms with van der Waals surface area (Å²) < 4.78 is 15.6. The zero-order valence-electron chi connectivity index (χ0n) is 12.9. The van der Waals surface area contributed by atoms with Crippen LogP contribution in [0.3, 0.4) is 0 Å². The van der Waals surface area contributed by atoms with Crippen molar-refractivity contribution in [1.29, 1.82) is 0 Å². The quantitative estimate of drug-likeness (QED) is 0.642. The summed E-state index contributed by atoms with van der Waals surface area (Å²) in [5, 5.41) is 20.1. The van der Waals surface area contributed by atoms with Gasteiger partial charge in [-0.3, -0.25) is 0 Å². The smallest absolute Gasteiger partial charge is 0.159 e. The molecule has 5 heteroatoms. The molecule has 1 aromatic carbocycles. The maximum atomic E-state index is 10.1. The van der Waals surface area contributed by atoms with Crippen LogP contribution in [0.15, 0.2) is 30.3 Å². The van der Waals surface area contributed by atoms with Gasteiger partial charge in [-0.05, 0) is 5.56 Å². The van der Waals surface area contributed by atoms with Gasteiger partial charge in [0.15, 0.2) is 6.29 Å². The lowest BCUT2D eigenvalue weighted by Gasteiger charge is -2.26. The summed E-state index contributed by atoms with van der Waals surface area (Å²) in [4.78, 5) is 0. The maximum absolute atomic E-state index is 10.1. The topological polar surface area (TPSA) is 68.2 Å².